The lowest BCUT2D eigenvalue weighted by Crippen LogP contribution is -1.89. The molecule has 0 aromatic carbocycles. The minimum atomic E-state index is 0.329. The Morgan fingerprint density at radius 1 is 1.78 bits per heavy atom. The maximum atomic E-state index is 7.85. The second-order valence-electron chi connectivity index (χ2n) is 1.25. The van der Waals surface area contributed by atoms with Gasteiger partial charge >= 0.3 is 0 Å². The number of hydrogen-bond donors (Lipinski definition) is 0. The molecule has 0 aliphatic rings. The summed E-state index contributed by atoms with van der Waals surface area (Å²) in [5.41, 5.74) is 7.78. The van der Waals surface area contributed by atoms with E-state index in [0.29, 0.717) is 19.6 Å². The standard InChI is InChI=1S/C4H6N4O/c5-4-9-3-1-2-7-8-6/h1-3H2. The van der Waals surface area contributed by atoms with Crippen molar-refractivity contribution in [3.63, 3.8) is 0 Å². The quantitative estimate of drug-likeness (QED) is 0.186. The molecule has 0 N–H and O–H groups in total. The fraction of sp³-hybridized carbons (Fsp3) is 0.750. The number of rotatable bonds is 4. The fourth-order valence-electron chi connectivity index (χ4n) is 0.298. The van der Waals surface area contributed by atoms with Gasteiger partial charge in [0.1, 0.15) is 6.61 Å². The summed E-state index contributed by atoms with van der Waals surface area (Å²) in [5, 5.41) is 11.1. The van der Waals surface area contributed by atoms with Gasteiger partial charge in [0.15, 0.2) is 0 Å². The predicted molar refractivity (Wildman–Crippen MR) is 30.2 cm³/mol. The number of nitrogens with zero attached hydrogens (tertiary/aromatic N) is 4. The molecule has 0 amide bonds. The van der Waals surface area contributed by atoms with Gasteiger partial charge in [0.2, 0.25) is 0 Å². The average molecular weight is 126 g/mol. The first kappa shape index (κ1) is 7.60. The summed E-state index contributed by atoms with van der Waals surface area (Å²) in [7, 11) is 0. The van der Waals surface area contributed by atoms with Crippen LogP contribution in [-0.4, -0.2) is 13.2 Å². The topological polar surface area (TPSA) is 81.8 Å². The summed E-state index contributed by atoms with van der Waals surface area (Å²) in [4.78, 5) is 2.52. The number of ether oxygens (including phenoxy) is 1. The van der Waals surface area contributed by atoms with Crippen molar-refractivity contribution in [1.29, 1.82) is 5.26 Å². The molecule has 5 nitrogen and oxygen atoms in total. The van der Waals surface area contributed by atoms with Crippen LogP contribution < -0.4 is 0 Å². The van der Waals surface area contributed by atoms with Gasteiger partial charge < -0.3 is 4.74 Å². The average Bonchev–Trinajstić information content (AvgIpc) is 1.89. The van der Waals surface area contributed by atoms with Crippen molar-refractivity contribution in [1.82, 2.24) is 0 Å². The van der Waals surface area contributed by atoms with Gasteiger partial charge in [-0.05, 0) is 12.0 Å². The Balaban J connectivity index is 2.93. The highest BCUT2D eigenvalue weighted by molar-refractivity contribution is 4.50. The predicted octanol–water partition coefficient (Wildman–Crippen LogP) is 1.18. The largest absolute Gasteiger partial charge is 0.428 e. The summed E-state index contributed by atoms with van der Waals surface area (Å²) < 4.78 is 4.30. The lowest BCUT2D eigenvalue weighted by atomic mass is 10.5. The van der Waals surface area contributed by atoms with E-state index in [4.69, 9.17) is 10.8 Å². The zero-order valence-corrected chi connectivity index (χ0v) is 4.82. The van der Waals surface area contributed by atoms with Gasteiger partial charge in [-0.25, -0.2) is 0 Å². The highest BCUT2D eigenvalue weighted by Crippen LogP contribution is 1.81. The van der Waals surface area contributed by atoms with Crippen LogP contribution in [0.2, 0.25) is 0 Å². The maximum absolute atomic E-state index is 7.85. The Hall–Kier alpha value is -1.40. The summed E-state index contributed by atoms with van der Waals surface area (Å²) in [5.74, 6) is 0. The molecule has 0 unspecified atom stereocenters. The van der Waals surface area contributed by atoms with Crippen molar-refractivity contribution in [2.45, 2.75) is 6.42 Å². The van der Waals surface area contributed by atoms with Crippen LogP contribution >= 0.6 is 0 Å². The maximum Gasteiger partial charge on any atom is 0.286 e. The van der Waals surface area contributed by atoms with E-state index in [1.54, 1.807) is 0 Å². The van der Waals surface area contributed by atoms with Crippen molar-refractivity contribution in [3.05, 3.63) is 10.4 Å². The normalized spacial score (nSPS) is 7.00. The van der Waals surface area contributed by atoms with E-state index in [-0.39, 0.29) is 0 Å². The van der Waals surface area contributed by atoms with Crippen LogP contribution in [0.4, 0.5) is 0 Å². The molecule has 0 atom stereocenters. The van der Waals surface area contributed by atoms with E-state index in [1.807, 2.05) is 0 Å². The Bertz CT molecular complexity index is 143. The first-order valence-electron chi connectivity index (χ1n) is 2.43. The van der Waals surface area contributed by atoms with E-state index < -0.39 is 0 Å². The van der Waals surface area contributed by atoms with Gasteiger partial charge in [-0.1, -0.05) is 5.11 Å². The number of nitriles is 1. The molecular weight excluding hydrogens is 120 g/mol. The van der Waals surface area contributed by atoms with Crippen LogP contribution in [0.5, 0.6) is 0 Å². The summed E-state index contributed by atoms with van der Waals surface area (Å²) in [6.45, 7) is 0.716. The van der Waals surface area contributed by atoms with Gasteiger partial charge in [0.25, 0.3) is 6.26 Å². The molecule has 0 saturated carbocycles. The zero-order valence-electron chi connectivity index (χ0n) is 4.82. The van der Waals surface area contributed by atoms with Crippen molar-refractivity contribution >= 4 is 0 Å². The molecule has 0 aromatic rings. The second-order valence-corrected chi connectivity index (χ2v) is 1.25. The molecule has 0 rings (SSSR count). The summed E-state index contributed by atoms with van der Waals surface area (Å²) in [6, 6.07) is 0. The molecule has 0 heterocycles. The van der Waals surface area contributed by atoms with Gasteiger partial charge in [0.05, 0.1) is 0 Å². The Labute approximate surface area is 52.5 Å². The highest BCUT2D eigenvalue weighted by Gasteiger charge is 1.82. The Kier molecular flexibility index (Phi) is 5.57. The first-order valence-corrected chi connectivity index (χ1v) is 2.43. The third-order valence-electron chi connectivity index (χ3n) is 0.632. The van der Waals surface area contributed by atoms with E-state index in [9.17, 15) is 0 Å². The molecule has 0 aliphatic heterocycles. The first-order chi connectivity index (χ1) is 4.41. The van der Waals surface area contributed by atoms with Gasteiger partial charge in [-0.3, -0.25) is 0 Å². The van der Waals surface area contributed by atoms with Gasteiger partial charge in [0, 0.05) is 11.5 Å². The van der Waals surface area contributed by atoms with Crippen LogP contribution in [0.1, 0.15) is 6.42 Å². The number of hydrogen-bond acceptors (Lipinski definition) is 3. The van der Waals surface area contributed by atoms with Crippen LogP contribution in [0.25, 0.3) is 10.4 Å². The molecule has 0 saturated heterocycles. The van der Waals surface area contributed by atoms with Crippen molar-refractivity contribution in [2.24, 2.45) is 5.11 Å². The van der Waals surface area contributed by atoms with Crippen molar-refractivity contribution < 1.29 is 4.74 Å². The van der Waals surface area contributed by atoms with E-state index in [2.05, 4.69) is 14.8 Å². The molecule has 0 spiro atoms. The molecule has 48 valence electrons. The van der Waals surface area contributed by atoms with E-state index in [1.165, 1.54) is 6.26 Å². The second kappa shape index (κ2) is 6.60. The van der Waals surface area contributed by atoms with Crippen molar-refractivity contribution in [2.75, 3.05) is 13.2 Å². The van der Waals surface area contributed by atoms with Crippen LogP contribution in [0, 0.1) is 11.5 Å². The third-order valence-corrected chi connectivity index (χ3v) is 0.632. The van der Waals surface area contributed by atoms with E-state index >= 15 is 0 Å². The van der Waals surface area contributed by atoms with Gasteiger partial charge in [-0.2, -0.15) is 5.26 Å². The summed E-state index contributed by atoms with van der Waals surface area (Å²) >= 11 is 0. The minimum absolute atomic E-state index is 0.329. The minimum Gasteiger partial charge on any atom is -0.428 e. The molecule has 9 heavy (non-hydrogen) atoms. The van der Waals surface area contributed by atoms with Crippen LogP contribution in [-0.2, 0) is 4.74 Å². The highest BCUT2D eigenvalue weighted by atomic mass is 16.5. The monoisotopic (exact) mass is 126 g/mol. The van der Waals surface area contributed by atoms with E-state index in [0.717, 1.165) is 0 Å². The Morgan fingerprint density at radius 3 is 3.11 bits per heavy atom. The molecule has 0 aromatic heterocycles. The molecule has 5 heteroatoms. The van der Waals surface area contributed by atoms with Crippen LogP contribution in [0.3, 0.4) is 0 Å². The third kappa shape index (κ3) is 6.60. The fourth-order valence-corrected chi connectivity index (χ4v) is 0.298. The number of azide groups is 1. The Morgan fingerprint density at radius 2 is 2.56 bits per heavy atom. The smallest absolute Gasteiger partial charge is 0.286 e. The molecule has 0 fully saturated rings. The zero-order chi connectivity index (χ0) is 6.95. The SMILES string of the molecule is N#COCCCN=[N+]=[N-]. The molecule has 0 aliphatic carbocycles. The molecule has 0 bridgehead atoms. The lowest BCUT2D eigenvalue weighted by molar-refractivity contribution is 0.267. The molecule has 0 radical (unpaired) electrons. The van der Waals surface area contributed by atoms with Crippen LogP contribution in [0.15, 0.2) is 5.11 Å². The lowest BCUT2D eigenvalue weighted by Gasteiger charge is -1.88. The van der Waals surface area contributed by atoms with Gasteiger partial charge in [-0.15, -0.1) is 0 Å². The van der Waals surface area contributed by atoms with Crippen molar-refractivity contribution in [3.8, 4) is 6.26 Å². The molecular formula is C4H6N4O. The summed E-state index contributed by atoms with van der Waals surface area (Å²) in [6.07, 6.45) is 2.10.